The second-order valence-corrected chi connectivity index (χ2v) is 12.5. The highest BCUT2D eigenvalue weighted by atomic mass is 35.5. The van der Waals surface area contributed by atoms with Crippen LogP contribution in [-0.2, 0) is 25.7 Å². The number of nitrogens with zero attached hydrogens (tertiary/aromatic N) is 3. The molecule has 2 saturated heterocycles. The standard InChI is InChI=1S/C34H38ClN3O5/c1-33-17-11-19-36(23-24-13-5-4-6-14-24)30(40)27(33)28-31(41)38(20-9-2-3-10-22-39)29-32(42)37(21-12-18-34(28,29)43-33)26-16-8-7-15-25(26)35/h4-8,11-18,27-29,39H,2-3,9-10,19-23H2,1H3/t27-,28-,29?,33+,34-/m0/s1. The average molecular weight is 604 g/mol. The number of unbranched alkanes of at least 4 members (excludes halogenated alkanes) is 3. The van der Waals surface area contributed by atoms with Gasteiger partial charge in [-0.1, -0.05) is 91.2 Å². The van der Waals surface area contributed by atoms with E-state index in [1.165, 1.54) is 0 Å². The molecule has 0 aromatic heterocycles. The summed E-state index contributed by atoms with van der Waals surface area (Å²) in [6, 6.07) is 16.0. The molecule has 0 bridgehead atoms. The maximum absolute atomic E-state index is 14.6. The second kappa shape index (κ2) is 11.9. The van der Waals surface area contributed by atoms with Crippen LogP contribution in [0.1, 0.15) is 38.2 Å². The lowest BCUT2D eigenvalue weighted by Gasteiger charge is -2.37. The zero-order chi connectivity index (χ0) is 30.2. The lowest BCUT2D eigenvalue weighted by molar-refractivity contribution is -0.148. The van der Waals surface area contributed by atoms with Crippen LogP contribution in [0.4, 0.5) is 5.69 Å². The number of hydrogen-bond donors (Lipinski definition) is 1. The SMILES string of the molecule is C[C@@]12C=CCN(Cc3ccccc3)C(=O)[C@@H]1[C@H]1C(=O)N(CCCCCCO)C3C(=O)N(c4ccccc4Cl)CC=C[C@@]31O2. The van der Waals surface area contributed by atoms with Crippen LogP contribution in [0.5, 0.6) is 0 Å². The largest absolute Gasteiger partial charge is 0.396 e. The van der Waals surface area contributed by atoms with E-state index in [1.54, 1.807) is 26.8 Å². The Morgan fingerprint density at radius 3 is 2.35 bits per heavy atom. The van der Waals surface area contributed by atoms with Crippen LogP contribution in [-0.4, -0.2) is 76.1 Å². The molecule has 4 aliphatic heterocycles. The Kier molecular flexibility index (Phi) is 8.20. The maximum Gasteiger partial charge on any atom is 0.253 e. The van der Waals surface area contributed by atoms with Crippen molar-refractivity contribution in [3.63, 3.8) is 0 Å². The highest BCUT2D eigenvalue weighted by Gasteiger charge is 2.74. The minimum Gasteiger partial charge on any atom is -0.396 e. The summed E-state index contributed by atoms with van der Waals surface area (Å²) >= 11 is 6.56. The van der Waals surface area contributed by atoms with Crippen molar-refractivity contribution in [1.82, 2.24) is 9.80 Å². The molecule has 3 amide bonds. The van der Waals surface area contributed by atoms with E-state index in [2.05, 4.69) is 0 Å². The van der Waals surface area contributed by atoms with Crippen LogP contribution >= 0.6 is 11.6 Å². The molecule has 0 radical (unpaired) electrons. The molecule has 226 valence electrons. The van der Waals surface area contributed by atoms with Gasteiger partial charge in [-0.15, -0.1) is 0 Å². The van der Waals surface area contributed by atoms with E-state index in [0.29, 0.717) is 43.2 Å². The van der Waals surface area contributed by atoms with Crippen LogP contribution in [0.15, 0.2) is 78.9 Å². The minimum absolute atomic E-state index is 0.121. The van der Waals surface area contributed by atoms with Gasteiger partial charge in [-0.25, -0.2) is 0 Å². The molecular weight excluding hydrogens is 566 g/mol. The first-order valence-corrected chi connectivity index (χ1v) is 15.5. The summed E-state index contributed by atoms with van der Waals surface area (Å²) in [7, 11) is 0. The molecule has 0 saturated carbocycles. The Balaban J connectivity index is 1.40. The first-order chi connectivity index (χ1) is 20.8. The quantitative estimate of drug-likeness (QED) is 0.340. The number of carbonyl (C=O) groups is 3. The molecule has 2 aromatic carbocycles. The predicted molar refractivity (Wildman–Crippen MR) is 164 cm³/mol. The van der Waals surface area contributed by atoms with Crippen molar-refractivity contribution in [2.24, 2.45) is 11.8 Å². The monoisotopic (exact) mass is 603 g/mol. The average Bonchev–Trinajstić information content (AvgIpc) is 3.26. The second-order valence-electron chi connectivity index (χ2n) is 12.1. The summed E-state index contributed by atoms with van der Waals surface area (Å²) in [5, 5.41) is 9.65. The van der Waals surface area contributed by atoms with Crippen molar-refractivity contribution in [2.45, 2.75) is 56.4 Å². The summed E-state index contributed by atoms with van der Waals surface area (Å²) in [5.74, 6) is -2.32. The van der Waals surface area contributed by atoms with Gasteiger partial charge in [0.05, 0.1) is 28.1 Å². The van der Waals surface area contributed by atoms with Crippen molar-refractivity contribution in [3.8, 4) is 0 Å². The molecule has 1 N–H and O–H groups in total. The van der Waals surface area contributed by atoms with E-state index < -0.39 is 29.1 Å². The normalized spacial score (nSPS) is 29.9. The van der Waals surface area contributed by atoms with Crippen LogP contribution in [0.3, 0.4) is 0 Å². The summed E-state index contributed by atoms with van der Waals surface area (Å²) in [5.41, 5.74) is -0.817. The van der Waals surface area contributed by atoms with Gasteiger partial charge in [-0.2, -0.15) is 0 Å². The van der Waals surface area contributed by atoms with E-state index in [-0.39, 0.29) is 30.9 Å². The van der Waals surface area contributed by atoms with Gasteiger partial charge >= 0.3 is 0 Å². The van der Waals surface area contributed by atoms with E-state index >= 15 is 0 Å². The molecule has 9 heteroatoms. The summed E-state index contributed by atoms with van der Waals surface area (Å²) in [4.78, 5) is 48.6. The summed E-state index contributed by atoms with van der Waals surface area (Å²) < 4.78 is 6.93. The number of fused-ring (bicyclic) bond motifs is 2. The lowest BCUT2D eigenvalue weighted by Crippen LogP contribution is -2.56. The van der Waals surface area contributed by atoms with Gasteiger partial charge in [0.2, 0.25) is 11.8 Å². The Morgan fingerprint density at radius 1 is 0.860 bits per heavy atom. The topological polar surface area (TPSA) is 90.4 Å². The number of aliphatic hydroxyl groups is 1. The number of carbonyl (C=O) groups excluding carboxylic acids is 3. The zero-order valence-electron chi connectivity index (χ0n) is 24.4. The van der Waals surface area contributed by atoms with Crippen molar-refractivity contribution < 1.29 is 24.2 Å². The molecule has 1 unspecified atom stereocenters. The molecule has 5 atom stereocenters. The van der Waals surface area contributed by atoms with Crippen LogP contribution < -0.4 is 4.90 Å². The van der Waals surface area contributed by atoms with Gasteiger partial charge in [0.1, 0.15) is 11.6 Å². The zero-order valence-corrected chi connectivity index (χ0v) is 25.2. The smallest absolute Gasteiger partial charge is 0.253 e. The Hall–Kier alpha value is -3.46. The van der Waals surface area contributed by atoms with Gasteiger partial charge in [0, 0.05) is 32.8 Å². The predicted octanol–water partition coefficient (Wildman–Crippen LogP) is 4.37. The Bertz CT molecular complexity index is 1450. The number of aliphatic hydroxyl groups excluding tert-OH is 1. The number of rotatable bonds is 9. The number of para-hydroxylation sites is 1. The molecule has 8 nitrogen and oxygen atoms in total. The number of anilines is 1. The first kappa shape index (κ1) is 29.6. The van der Waals surface area contributed by atoms with Gasteiger partial charge in [0.15, 0.2) is 0 Å². The first-order valence-electron chi connectivity index (χ1n) is 15.2. The van der Waals surface area contributed by atoms with E-state index in [0.717, 1.165) is 18.4 Å². The highest BCUT2D eigenvalue weighted by molar-refractivity contribution is 6.34. The molecule has 0 aliphatic carbocycles. The number of benzene rings is 2. The summed E-state index contributed by atoms with van der Waals surface area (Å²) in [6.07, 6.45) is 10.6. The van der Waals surface area contributed by atoms with Gasteiger partial charge in [0.25, 0.3) is 5.91 Å². The molecule has 1 spiro atoms. The van der Waals surface area contributed by atoms with Gasteiger partial charge in [-0.3, -0.25) is 14.4 Å². The van der Waals surface area contributed by atoms with Crippen molar-refractivity contribution in [3.05, 3.63) is 89.5 Å². The van der Waals surface area contributed by atoms with Crippen LogP contribution in [0.25, 0.3) is 0 Å². The number of ether oxygens (including phenoxy) is 1. The lowest BCUT2D eigenvalue weighted by atomic mass is 9.74. The molecule has 6 rings (SSSR count). The fraction of sp³-hybridized carbons (Fsp3) is 0.441. The van der Waals surface area contributed by atoms with E-state index in [9.17, 15) is 19.5 Å². The summed E-state index contributed by atoms with van der Waals surface area (Å²) in [6.45, 7) is 3.43. The van der Waals surface area contributed by atoms with Gasteiger partial charge in [-0.05, 0) is 37.5 Å². The third kappa shape index (κ3) is 5.09. The molecule has 4 aliphatic rings. The van der Waals surface area contributed by atoms with Crippen molar-refractivity contribution >= 4 is 35.0 Å². The molecule has 2 aromatic rings. The van der Waals surface area contributed by atoms with E-state index in [4.69, 9.17) is 16.3 Å². The Morgan fingerprint density at radius 2 is 1.58 bits per heavy atom. The molecular formula is C34H38ClN3O5. The third-order valence-electron chi connectivity index (χ3n) is 9.31. The number of halogens is 1. The molecule has 4 heterocycles. The fourth-order valence-corrected chi connectivity index (χ4v) is 7.63. The molecule has 43 heavy (non-hydrogen) atoms. The van der Waals surface area contributed by atoms with Crippen LogP contribution in [0, 0.1) is 11.8 Å². The van der Waals surface area contributed by atoms with Crippen LogP contribution in [0.2, 0.25) is 5.02 Å². The van der Waals surface area contributed by atoms with Gasteiger partial charge < -0.3 is 24.5 Å². The fourth-order valence-electron chi connectivity index (χ4n) is 7.39. The number of likely N-dealkylation sites (tertiary alicyclic amines) is 1. The number of hydrogen-bond acceptors (Lipinski definition) is 5. The van der Waals surface area contributed by atoms with Crippen molar-refractivity contribution in [1.29, 1.82) is 0 Å². The minimum atomic E-state index is -1.32. The Labute approximate surface area is 257 Å². The maximum atomic E-state index is 14.6. The molecule has 2 fully saturated rings. The highest BCUT2D eigenvalue weighted by Crippen LogP contribution is 2.57. The third-order valence-corrected chi connectivity index (χ3v) is 9.63. The number of amides is 3. The van der Waals surface area contributed by atoms with Crippen molar-refractivity contribution in [2.75, 3.05) is 31.1 Å². The van der Waals surface area contributed by atoms with E-state index in [1.807, 2.05) is 73.7 Å².